The van der Waals surface area contributed by atoms with E-state index in [1.54, 1.807) is 7.11 Å². The molecule has 2 aromatic carbocycles. The summed E-state index contributed by atoms with van der Waals surface area (Å²) < 4.78 is 11.0. The molecule has 0 aromatic heterocycles. The van der Waals surface area contributed by atoms with E-state index < -0.39 is 0 Å². The third kappa shape index (κ3) is 5.71. The Morgan fingerprint density at radius 3 is 2.40 bits per heavy atom. The lowest BCUT2D eigenvalue weighted by molar-refractivity contribution is 0.319. The van der Waals surface area contributed by atoms with Crippen LogP contribution in [0.3, 0.4) is 0 Å². The Hall–Kier alpha value is -2.69. The van der Waals surface area contributed by atoms with Crippen molar-refractivity contribution in [3.63, 3.8) is 0 Å². The van der Waals surface area contributed by atoms with Crippen LogP contribution in [0.4, 0.5) is 5.69 Å². The molecule has 0 heterocycles. The molecule has 0 amide bonds. The number of para-hydroxylation sites is 1. The molecular formula is C20H27N3O2. The molecule has 0 aliphatic carbocycles. The van der Waals surface area contributed by atoms with Gasteiger partial charge in [0, 0.05) is 5.69 Å². The zero-order valence-corrected chi connectivity index (χ0v) is 15.4. The highest BCUT2D eigenvalue weighted by Crippen LogP contribution is 2.30. The summed E-state index contributed by atoms with van der Waals surface area (Å²) in [5, 5.41) is 3.04. The summed E-state index contributed by atoms with van der Waals surface area (Å²) in [4.78, 5) is 4.30. The van der Waals surface area contributed by atoms with Crippen molar-refractivity contribution in [1.29, 1.82) is 0 Å². The van der Waals surface area contributed by atoms with Crippen LogP contribution in [0, 0.1) is 0 Å². The number of methoxy groups -OCH3 is 1. The molecule has 0 radical (unpaired) electrons. The van der Waals surface area contributed by atoms with Gasteiger partial charge < -0.3 is 20.5 Å². The molecule has 0 aliphatic rings. The number of aliphatic imine (C=N–C) groups is 1. The highest BCUT2D eigenvalue weighted by atomic mass is 16.5. The number of hydrogen-bond acceptors (Lipinski definition) is 3. The Morgan fingerprint density at radius 1 is 1.08 bits per heavy atom. The van der Waals surface area contributed by atoms with E-state index in [1.165, 1.54) is 5.56 Å². The van der Waals surface area contributed by atoms with Gasteiger partial charge in [0.1, 0.15) is 18.1 Å². The molecule has 25 heavy (non-hydrogen) atoms. The summed E-state index contributed by atoms with van der Waals surface area (Å²) in [6.45, 7) is 7.46. The Balaban J connectivity index is 1.86. The van der Waals surface area contributed by atoms with Gasteiger partial charge in [-0.1, -0.05) is 39.0 Å². The van der Waals surface area contributed by atoms with Crippen LogP contribution in [0.25, 0.3) is 0 Å². The van der Waals surface area contributed by atoms with Gasteiger partial charge in [-0.05, 0) is 41.3 Å². The minimum atomic E-state index is 0.0365. The quantitative estimate of drug-likeness (QED) is 0.476. The van der Waals surface area contributed by atoms with Crippen LogP contribution in [-0.2, 0) is 5.41 Å². The number of nitrogens with two attached hydrogens (primary N) is 1. The normalized spacial score (nSPS) is 11.9. The molecule has 2 rings (SSSR count). The number of guanidine groups is 1. The first-order chi connectivity index (χ1) is 11.9. The number of benzene rings is 2. The third-order valence-corrected chi connectivity index (χ3v) is 3.69. The lowest BCUT2D eigenvalue weighted by atomic mass is 9.86. The second-order valence-electron chi connectivity index (χ2n) is 6.72. The molecule has 0 bridgehead atoms. The first kappa shape index (κ1) is 18.6. The Kier molecular flexibility index (Phi) is 6.28. The summed E-state index contributed by atoms with van der Waals surface area (Å²) >= 11 is 0. The molecular weight excluding hydrogens is 314 g/mol. The van der Waals surface area contributed by atoms with Crippen molar-refractivity contribution in [2.45, 2.75) is 26.2 Å². The van der Waals surface area contributed by atoms with Crippen molar-refractivity contribution in [2.75, 3.05) is 25.6 Å². The zero-order valence-electron chi connectivity index (χ0n) is 15.4. The molecule has 3 N–H and O–H groups in total. The van der Waals surface area contributed by atoms with E-state index in [0.29, 0.717) is 19.1 Å². The number of anilines is 1. The molecule has 0 aliphatic heterocycles. The molecule has 0 unspecified atom stereocenters. The van der Waals surface area contributed by atoms with Gasteiger partial charge in [0.25, 0.3) is 0 Å². The maximum absolute atomic E-state index is 5.91. The van der Waals surface area contributed by atoms with Gasteiger partial charge in [0.15, 0.2) is 5.96 Å². The van der Waals surface area contributed by atoms with Gasteiger partial charge >= 0.3 is 0 Å². The number of rotatable bonds is 6. The average Bonchev–Trinajstić information content (AvgIpc) is 2.59. The lowest BCUT2D eigenvalue weighted by Gasteiger charge is -2.22. The molecule has 0 fully saturated rings. The summed E-state index contributed by atoms with van der Waals surface area (Å²) in [7, 11) is 1.63. The van der Waals surface area contributed by atoms with Crippen LogP contribution in [0.1, 0.15) is 26.3 Å². The highest BCUT2D eigenvalue weighted by Gasteiger charge is 2.18. The van der Waals surface area contributed by atoms with E-state index in [0.717, 1.165) is 17.2 Å². The summed E-state index contributed by atoms with van der Waals surface area (Å²) in [5.41, 5.74) is 7.99. The summed E-state index contributed by atoms with van der Waals surface area (Å²) in [5.74, 6) is 2.05. The largest absolute Gasteiger partial charge is 0.497 e. The van der Waals surface area contributed by atoms with Gasteiger partial charge in [-0.3, -0.25) is 0 Å². The average molecular weight is 341 g/mol. The van der Waals surface area contributed by atoms with Crippen molar-refractivity contribution in [3.05, 3.63) is 54.1 Å². The van der Waals surface area contributed by atoms with Crippen LogP contribution in [0.15, 0.2) is 53.5 Å². The summed E-state index contributed by atoms with van der Waals surface area (Å²) in [6.07, 6.45) is 0. The molecule has 0 atom stereocenters. The second-order valence-corrected chi connectivity index (χ2v) is 6.72. The maximum Gasteiger partial charge on any atom is 0.193 e. The van der Waals surface area contributed by atoms with Crippen molar-refractivity contribution in [2.24, 2.45) is 10.7 Å². The zero-order chi connectivity index (χ0) is 18.3. The molecule has 134 valence electrons. The molecule has 2 aromatic rings. The van der Waals surface area contributed by atoms with Gasteiger partial charge in [0.05, 0.1) is 13.7 Å². The lowest BCUT2D eigenvalue weighted by Crippen LogP contribution is -2.23. The summed E-state index contributed by atoms with van der Waals surface area (Å²) in [6, 6.07) is 15.6. The van der Waals surface area contributed by atoms with Gasteiger partial charge in [-0.25, -0.2) is 4.99 Å². The van der Waals surface area contributed by atoms with E-state index in [1.807, 2.05) is 42.5 Å². The van der Waals surface area contributed by atoms with Crippen molar-refractivity contribution >= 4 is 11.6 Å². The SMILES string of the molecule is COc1ccc(NC(N)=NCCOc2ccccc2C(C)(C)C)cc1. The Labute approximate surface area is 149 Å². The fourth-order valence-electron chi connectivity index (χ4n) is 2.40. The van der Waals surface area contributed by atoms with E-state index in [-0.39, 0.29) is 5.41 Å². The van der Waals surface area contributed by atoms with Crippen LogP contribution in [0.2, 0.25) is 0 Å². The van der Waals surface area contributed by atoms with Gasteiger partial charge in [-0.2, -0.15) is 0 Å². The first-order valence-electron chi connectivity index (χ1n) is 8.33. The molecule has 5 heteroatoms. The molecule has 5 nitrogen and oxygen atoms in total. The van der Waals surface area contributed by atoms with E-state index in [4.69, 9.17) is 15.2 Å². The molecule has 0 spiro atoms. The number of ether oxygens (including phenoxy) is 2. The van der Waals surface area contributed by atoms with Crippen LogP contribution in [-0.4, -0.2) is 26.2 Å². The van der Waals surface area contributed by atoms with Crippen molar-refractivity contribution in [3.8, 4) is 11.5 Å². The predicted octanol–water partition coefficient (Wildman–Crippen LogP) is 3.80. The predicted molar refractivity (Wildman–Crippen MR) is 104 cm³/mol. The van der Waals surface area contributed by atoms with E-state index in [2.05, 4.69) is 37.1 Å². The van der Waals surface area contributed by atoms with Crippen LogP contribution >= 0.6 is 0 Å². The standard InChI is InChI=1S/C20H27N3O2/c1-20(2,3)17-7-5-6-8-18(17)25-14-13-22-19(21)23-15-9-11-16(24-4)12-10-15/h5-12H,13-14H2,1-4H3,(H3,21,22,23). The minimum absolute atomic E-state index is 0.0365. The van der Waals surface area contributed by atoms with Crippen LogP contribution in [0.5, 0.6) is 11.5 Å². The van der Waals surface area contributed by atoms with E-state index >= 15 is 0 Å². The fraction of sp³-hybridized carbons (Fsp3) is 0.350. The minimum Gasteiger partial charge on any atom is -0.497 e. The third-order valence-electron chi connectivity index (χ3n) is 3.69. The van der Waals surface area contributed by atoms with E-state index in [9.17, 15) is 0 Å². The number of hydrogen-bond donors (Lipinski definition) is 2. The number of nitrogens with zero attached hydrogens (tertiary/aromatic N) is 1. The maximum atomic E-state index is 5.91. The number of nitrogens with one attached hydrogen (secondary N) is 1. The van der Waals surface area contributed by atoms with Crippen LogP contribution < -0.4 is 20.5 Å². The van der Waals surface area contributed by atoms with Gasteiger partial charge in [0.2, 0.25) is 0 Å². The van der Waals surface area contributed by atoms with Crippen molar-refractivity contribution < 1.29 is 9.47 Å². The Morgan fingerprint density at radius 2 is 1.76 bits per heavy atom. The molecule has 0 saturated carbocycles. The molecule has 0 saturated heterocycles. The Bertz CT molecular complexity index is 704. The highest BCUT2D eigenvalue weighted by molar-refractivity contribution is 5.92. The second kappa shape index (κ2) is 8.42. The smallest absolute Gasteiger partial charge is 0.193 e. The topological polar surface area (TPSA) is 68.9 Å². The first-order valence-corrected chi connectivity index (χ1v) is 8.33. The van der Waals surface area contributed by atoms with Crippen molar-refractivity contribution in [1.82, 2.24) is 0 Å². The fourth-order valence-corrected chi connectivity index (χ4v) is 2.40. The monoisotopic (exact) mass is 341 g/mol. The van der Waals surface area contributed by atoms with Gasteiger partial charge in [-0.15, -0.1) is 0 Å².